The van der Waals surface area contributed by atoms with Crippen LogP contribution in [0.1, 0.15) is 0 Å². The van der Waals surface area contributed by atoms with Crippen molar-refractivity contribution in [2.24, 2.45) is 0 Å². The largest absolute Gasteiger partial charge is 0.309 e. The Kier molecular flexibility index (Phi) is 4.89. The Labute approximate surface area is 231 Å². The fourth-order valence-electron chi connectivity index (χ4n) is 6.13. The van der Waals surface area contributed by atoms with Gasteiger partial charge in [-0.2, -0.15) is 0 Å². The first-order chi connectivity index (χ1) is 19.8. The molecule has 8 rings (SSSR count). The predicted molar refractivity (Wildman–Crippen MR) is 167 cm³/mol. The fourth-order valence-corrected chi connectivity index (χ4v) is 6.13. The second kappa shape index (κ2) is 8.73. The summed E-state index contributed by atoms with van der Waals surface area (Å²) in [4.78, 5) is 3.54. The van der Waals surface area contributed by atoms with Gasteiger partial charge < -0.3 is 9.13 Å². The molecule has 40 heavy (non-hydrogen) atoms. The summed E-state index contributed by atoms with van der Waals surface area (Å²) in [5.41, 5.74) is 9.88. The maximum absolute atomic E-state index is 7.28. The van der Waals surface area contributed by atoms with E-state index >= 15 is 0 Å². The van der Waals surface area contributed by atoms with Crippen LogP contribution in [0.15, 0.2) is 140 Å². The molecule has 186 valence electrons. The zero-order chi connectivity index (χ0) is 26.6. The third-order valence-corrected chi connectivity index (χ3v) is 7.93. The van der Waals surface area contributed by atoms with Crippen LogP contribution in [0.2, 0.25) is 0 Å². The topological polar surface area (TPSA) is 14.2 Å². The van der Waals surface area contributed by atoms with Crippen molar-refractivity contribution in [1.82, 2.24) is 9.13 Å². The molecule has 0 bridgehead atoms. The monoisotopic (exact) mass is 509 g/mol. The van der Waals surface area contributed by atoms with E-state index in [4.69, 9.17) is 6.57 Å². The molecular weight excluding hydrogens is 486 g/mol. The van der Waals surface area contributed by atoms with Crippen LogP contribution in [0.5, 0.6) is 0 Å². The van der Waals surface area contributed by atoms with Crippen LogP contribution in [0, 0.1) is 6.57 Å². The van der Waals surface area contributed by atoms with Crippen LogP contribution >= 0.6 is 0 Å². The Morgan fingerprint density at radius 3 is 1.52 bits per heavy atom. The third kappa shape index (κ3) is 3.30. The number of fused-ring (bicyclic) bond motifs is 6. The van der Waals surface area contributed by atoms with E-state index in [1.54, 1.807) is 0 Å². The van der Waals surface area contributed by atoms with Gasteiger partial charge in [0, 0.05) is 32.9 Å². The summed E-state index contributed by atoms with van der Waals surface area (Å²) in [6, 6.07) is 49.2. The van der Waals surface area contributed by atoms with E-state index in [2.05, 4.69) is 129 Å². The third-order valence-electron chi connectivity index (χ3n) is 7.93. The maximum atomic E-state index is 7.28. The first-order valence-corrected chi connectivity index (χ1v) is 13.4. The highest BCUT2D eigenvalue weighted by Gasteiger charge is 2.16. The second-order valence-electron chi connectivity index (χ2n) is 10.1. The molecule has 3 nitrogen and oxygen atoms in total. The SMILES string of the molecule is [C-]#[N+]c1ccc(-c2cccc(-n3c4ccccc4c4ccc(-n5c6ccccc6c6ccccc65)cc43)c2)cc1. The molecule has 0 saturated carbocycles. The van der Waals surface area contributed by atoms with Crippen LogP contribution in [0.25, 0.3) is 71.0 Å². The fraction of sp³-hybridized carbons (Fsp3) is 0. The molecule has 0 atom stereocenters. The van der Waals surface area contributed by atoms with Crippen molar-refractivity contribution in [2.45, 2.75) is 0 Å². The lowest BCUT2D eigenvalue weighted by atomic mass is 10.0. The summed E-state index contributed by atoms with van der Waals surface area (Å²) in [7, 11) is 0. The minimum atomic E-state index is 0.653. The summed E-state index contributed by atoms with van der Waals surface area (Å²) in [5.74, 6) is 0. The number of hydrogen-bond acceptors (Lipinski definition) is 0. The highest BCUT2D eigenvalue weighted by atomic mass is 15.0. The molecule has 2 aromatic heterocycles. The van der Waals surface area contributed by atoms with Crippen LogP contribution < -0.4 is 0 Å². The molecular formula is C37H23N3. The normalized spacial score (nSPS) is 11.5. The number of para-hydroxylation sites is 3. The molecule has 0 amide bonds. The van der Waals surface area contributed by atoms with E-state index in [9.17, 15) is 0 Å². The van der Waals surface area contributed by atoms with Crippen molar-refractivity contribution < 1.29 is 0 Å². The molecule has 0 aliphatic rings. The average Bonchev–Trinajstić information content (AvgIpc) is 3.54. The molecule has 0 spiro atoms. The van der Waals surface area contributed by atoms with Crippen LogP contribution in [0.3, 0.4) is 0 Å². The lowest BCUT2D eigenvalue weighted by Gasteiger charge is -2.12. The van der Waals surface area contributed by atoms with E-state index in [0.29, 0.717) is 5.69 Å². The molecule has 0 radical (unpaired) electrons. The lowest BCUT2D eigenvalue weighted by Crippen LogP contribution is -1.97. The summed E-state index contributed by atoms with van der Waals surface area (Å²) in [6.45, 7) is 7.28. The van der Waals surface area contributed by atoms with Crippen molar-refractivity contribution in [1.29, 1.82) is 0 Å². The van der Waals surface area contributed by atoms with Crippen LogP contribution in [0.4, 0.5) is 5.69 Å². The first-order valence-electron chi connectivity index (χ1n) is 13.4. The predicted octanol–water partition coefficient (Wildman–Crippen LogP) is 10.1. The van der Waals surface area contributed by atoms with Gasteiger partial charge in [0.2, 0.25) is 0 Å². The minimum Gasteiger partial charge on any atom is -0.309 e. The maximum Gasteiger partial charge on any atom is 0.187 e. The summed E-state index contributed by atoms with van der Waals surface area (Å²) in [5, 5.41) is 4.98. The van der Waals surface area contributed by atoms with Gasteiger partial charge >= 0.3 is 0 Å². The van der Waals surface area contributed by atoms with Crippen molar-refractivity contribution in [3.63, 3.8) is 0 Å². The van der Waals surface area contributed by atoms with E-state index in [1.165, 1.54) is 43.6 Å². The van der Waals surface area contributed by atoms with Gasteiger partial charge in [0.15, 0.2) is 5.69 Å². The quantitative estimate of drug-likeness (QED) is 0.210. The second-order valence-corrected chi connectivity index (χ2v) is 10.1. The molecule has 0 N–H and O–H groups in total. The first kappa shape index (κ1) is 22.4. The van der Waals surface area contributed by atoms with Crippen molar-refractivity contribution in [3.8, 4) is 22.5 Å². The molecule has 2 heterocycles. The van der Waals surface area contributed by atoms with E-state index in [-0.39, 0.29) is 0 Å². The van der Waals surface area contributed by atoms with Gasteiger partial charge in [-0.15, -0.1) is 0 Å². The van der Waals surface area contributed by atoms with Gasteiger partial charge in [-0.25, -0.2) is 4.85 Å². The van der Waals surface area contributed by atoms with Gasteiger partial charge in [0.1, 0.15) is 0 Å². The highest BCUT2D eigenvalue weighted by molar-refractivity contribution is 6.12. The molecule has 0 aliphatic carbocycles. The standard InChI is InChI=1S/C37H23N3/c1-38-27-19-17-25(18-20-27)26-9-8-10-28(23-26)40-36-16-7-4-13-32(36)33-22-21-29(24-37(33)40)39-34-14-5-2-11-30(34)31-12-3-6-15-35(31)39/h2-24H. The smallest absolute Gasteiger partial charge is 0.187 e. The van der Waals surface area contributed by atoms with Gasteiger partial charge in [-0.05, 0) is 53.6 Å². The van der Waals surface area contributed by atoms with Crippen LogP contribution in [-0.2, 0) is 0 Å². The summed E-state index contributed by atoms with van der Waals surface area (Å²) >= 11 is 0. The number of benzene rings is 6. The zero-order valence-corrected chi connectivity index (χ0v) is 21.6. The number of aromatic nitrogens is 2. The summed E-state index contributed by atoms with van der Waals surface area (Å²) in [6.07, 6.45) is 0. The van der Waals surface area contributed by atoms with Gasteiger partial charge in [0.25, 0.3) is 0 Å². The summed E-state index contributed by atoms with van der Waals surface area (Å²) < 4.78 is 4.75. The minimum absolute atomic E-state index is 0.653. The molecule has 3 heteroatoms. The Hall–Kier alpha value is -5.59. The number of rotatable bonds is 3. The van der Waals surface area contributed by atoms with E-state index in [1.807, 2.05) is 24.3 Å². The number of nitrogens with zero attached hydrogens (tertiary/aromatic N) is 3. The van der Waals surface area contributed by atoms with E-state index in [0.717, 1.165) is 22.5 Å². The van der Waals surface area contributed by atoms with Crippen molar-refractivity contribution >= 4 is 49.3 Å². The molecule has 0 unspecified atom stereocenters. The molecule has 6 aromatic carbocycles. The molecule has 0 fully saturated rings. The highest BCUT2D eigenvalue weighted by Crippen LogP contribution is 2.37. The molecule has 8 aromatic rings. The number of hydrogen-bond donors (Lipinski definition) is 0. The Balaban J connectivity index is 1.40. The molecule has 0 saturated heterocycles. The van der Waals surface area contributed by atoms with Gasteiger partial charge in [0.05, 0.1) is 28.6 Å². The molecule has 0 aliphatic heterocycles. The average molecular weight is 510 g/mol. The van der Waals surface area contributed by atoms with Crippen molar-refractivity contribution in [2.75, 3.05) is 0 Å². The van der Waals surface area contributed by atoms with Crippen molar-refractivity contribution in [3.05, 3.63) is 151 Å². The lowest BCUT2D eigenvalue weighted by molar-refractivity contribution is 1.15. The van der Waals surface area contributed by atoms with Gasteiger partial charge in [-0.1, -0.05) is 97.1 Å². The Morgan fingerprint density at radius 2 is 0.925 bits per heavy atom. The van der Waals surface area contributed by atoms with E-state index < -0.39 is 0 Å². The Morgan fingerprint density at radius 1 is 0.400 bits per heavy atom. The van der Waals surface area contributed by atoms with Crippen LogP contribution in [-0.4, -0.2) is 9.13 Å². The zero-order valence-electron chi connectivity index (χ0n) is 21.6. The van der Waals surface area contributed by atoms with Gasteiger partial charge in [-0.3, -0.25) is 0 Å². The Bertz CT molecular complexity index is 2220.